The van der Waals surface area contributed by atoms with Crippen LogP contribution < -0.4 is 0 Å². The minimum absolute atomic E-state index is 1.17. The van der Waals surface area contributed by atoms with E-state index < -0.39 is 0 Å². The first-order chi connectivity index (χ1) is 4.31. The first-order valence-corrected chi connectivity index (χ1v) is 3.82. The standard InChI is InChI=1S/C8H13.Co/c1-4-6-7-8(3)5-2;/h2,5,7H,4,6H2,1,3H3;/b5-2?,8-7+;. The molecule has 0 aliphatic heterocycles. The third-order valence-electron chi connectivity index (χ3n) is 1.07. The van der Waals surface area contributed by atoms with Crippen molar-refractivity contribution in [3.05, 3.63) is 22.7 Å². The van der Waals surface area contributed by atoms with Gasteiger partial charge < -0.3 is 0 Å². The molecular formula is C8H13Co. The van der Waals surface area contributed by atoms with Crippen molar-refractivity contribution >= 4 is 0 Å². The summed E-state index contributed by atoms with van der Waals surface area (Å²) in [6.07, 6.45) is 6.60. The van der Waals surface area contributed by atoms with E-state index in [-0.39, 0.29) is 0 Å². The zero-order chi connectivity index (χ0) is 7.11. The molecule has 0 aromatic rings. The van der Waals surface area contributed by atoms with Gasteiger partial charge in [0.25, 0.3) is 0 Å². The molecule has 0 unspecified atom stereocenters. The van der Waals surface area contributed by atoms with Gasteiger partial charge in [-0.2, -0.15) is 0 Å². The Labute approximate surface area is 65.6 Å². The molecule has 0 nitrogen and oxygen atoms in total. The Hall–Kier alpha value is -0.0135. The molecule has 0 aromatic heterocycles. The fourth-order valence-corrected chi connectivity index (χ4v) is 0.801. The van der Waals surface area contributed by atoms with Crippen LogP contribution in [0.5, 0.6) is 0 Å². The Morgan fingerprint density at radius 1 is 1.56 bits per heavy atom. The second-order valence-corrected chi connectivity index (χ2v) is 2.36. The summed E-state index contributed by atoms with van der Waals surface area (Å²) in [4.78, 5) is 0. The van der Waals surface area contributed by atoms with Gasteiger partial charge in [-0.15, -0.1) is 0 Å². The van der Waals surface area contributed by atoms with Crippen LogP contribution in [-0.2, 0) is 15.7 Å². The monoisotopic (exact) mass is 168 g/mol. The molecule has 0 amide bonds. The van der Waals surface area contributed by atoms with Crippen molar-refractivity contribution in [3.63, 3.8) is 0 Å². The molecule has 54 valence electrons. The molecule has 0 aromatic carbocycles. The van der Waals surface area contributed by atoms with Gasteiger partial charge in [0.15, 0.2) is 0 Å². The molecule has 0 fully saturated rings. The fourth-order valence-electron chi connectivity index (χ4n) is 0.528. The maximum atomic E-state index is 4.00. The van der Waals surface area contributed by atoms with E-state index in [2.05, 4.69) is 35.7 Å². The molecule has 0 bridgehead atoms. The molecule has 0 aliphatic carbocycles. The van der Waals surface area contributed by atoms with Gasteiger partial charge >= 0.3 is 65.2 Å². The van der Waals surface area contributed by atoms with Crippen molar-refractivity contribution in [2.45, 2.75) is 26.7 Å². The SMILES string of the molecule is CCC/C=C(C)/C=[CH]/[Co]. The number of unbranched alkanes of at least 4 members (excludes halogenated alkanes) is 1. The molecule has 0 saturated carbocycles. The van der Waals surface area contributed by atoms with E-state index in [9.17, 15) is 0 Å². The normalized spacial score (nSPS) is 13.1. The van der Waals surface area contributed by atoms with E-state index in [4.69, 9.17) is 0 Å². The van der Waals surface area contributed by atoms with Crippen LogP contribution in [0.3, 0.4) is 0 Å². The van der Waals surface area contributed by atoms with Crippen molar-refractivity contribution in [1.82, 2.24) is 0 Å². The summed E-state index contributed by atoms with van der Waals surface area (Å²) in [6, 6.07) is 0. The van der Waals surface area contributed by atoms with Gasteiger partial charge in [-0.25, -0.2) is 0 Å². The number of hydrogen-bond donors (Lipinski definition) is 0. The fraction of sp³-hybridized carbons (Fsp3) is 0.500. The second kappa shape index (κ2) is 6.11. The zero-order valence-corrected chi connectivity index (χ0v) is 7.02. The van der Waals surface area contributed by atoms with Crippen molar-refractivity contribution < 1.29 is 15.7 Å². The predicted octanol–water partition coefficient (Wildman–Crippen LogP) is 2.79. The molecular weight excluding hydrogens is 155 g/mol. The molecule has 9 heavy (non-hydrogen) atoms. The molecule has 0 rings (SSSR count). The molecule has 0 N–H and O–H groups in total. The summed E-state index contributed by atoms with van der Waals surface area (Å²) < 4.78 is 0. The van der Waals surface area contributed by atoms with Crippen molar-refractivity contribution in [2.75, 3.05) is 0 Å². The van der Waals surface area contributed by atoms with E-state index >= 15 is 0 Å². The Kier molecular flexibility index (Phi) is 6.10. The molecule has 1 heteroatoms. The van der Waals surface area contributed by atoms with Crippen LogP contribution in [0.2, 0.25) is 0 Å². The van der Waals surface area contributed by atoms with Crippen LogP contribution in [0.15, 0.2) is 22.7 Å². The third kappa shape index (κ3) is 5.86. The third-order valence-corrected chi connectivity index (χ3v) is 1.25. The average molecular weight is 168 g/mol. The summed E-state index contributed by atoms with van der Waals surface area (Å²) in [7, 11) is 0. The number of hydrogen-bond acceptors (Lipinski definition) is 0. The van der Waals surface area contributed by atoms with Crippen LogP contribution in [0.4, 0.5) is 0 Å². The van der Waals surface area contributed by atoms with Gasteiger partial charge in [0, 0.05) is 0 Å². The molecule has 0 heterocycles. The van der Waals surface area contributed by atoms with E-state index in [1.807, 2.05) is 6.08 Å². The average Bonchev–Trinajstić information content (AvgIpc) is 1.85. The molecule has 0 atom stereocenters. The van der Waals surface area contributed by atoms with Gasteiger partial charge in [0.1, 0.15) is 0 Å². The summed E-state index contributed by atoms with van der Waals surface area (Å²) in [6.45, 7) is 4.26. The van der Waals surface area contributed by atoms with Crippen molar-refractivity contribution in [3.8, 4) is 0 Å². The van der Waals surface area contributed by atoms with Crippen LogP contribution in [0.1, 0.15) is 26.7 Å². The zero-order valence-electron chi connectivity index (χ0n) is 5.98. The number of rotatable bonds is 3. The topological polar surface area (TPSA) is 0 Å². The van der Waals surface area contributed by atoms with Gasteiger partial charge in [0.2, 0.25) is 0 Å². The number of allylic oxidation sites excluding steroid dienone is 3. The summed E-state index contributed by atoms with van der Waals surface area (Å²) in [5.74, 6) is 0. The summed E-state index contributed by atoms with van der Waals surface area (Å²) in [5, 5.41) is 1.76. The first-order valence-electron chi connectivity index (χ1n) is 3.22. The van der Waals surface area contributed by atoms with Gasteiger partial charge in [-0.05, 0) is 0 Å². The van der Waals surface area contributed by atoms with Crippen LogP contribution >= 0.6 is 0 Å². The molecule has 0 radical (unpaired) electrons. The van der Waals surface area contributed by atoms with Gasteiger partial charge in [-0.1, -0.05) is 0 Å². The van der Waals surface area contributed by atoms with E-state index in [0.717, 1.165) is 0 Å². The van der Waals surface area contributed by atoms with Crippen LogP contribution in [0.25, 0.3) is 0 Å². The molecule has 0 spiro atoms. The minimum atomic E-state index is 1.17. The Bertz CT molecular complexity index is 112. The van der Waals surface area contributed by atoms with Crippen LogP contribution in [-0.4, -0.2) is 0 Å². The first kappa shape index (κ1) is 8.99. The van der Waals surface area contributed by atoms with Crippen LogP contribution in [0, 0.1) is 0 Å². The Morgan fingerprint density at radius 2 is 2.22 bits per heavy atom. The van der Waals surface area contributed by atoms with Crippen molar-refractivity contribution in [1.29, 1.82) is 0 Å². The molecule has 0 saturated heterocycles. The summed E-state index contributed by atoms with van der Waals surface area (Å²) >= 11 is 4.00. The maximum absolute atomic E-state index is 4.00. The van der Waals surface area contributed by atoms with E-state index in [0.29, 0.717) is 0 Å². The van der Waals surface area contributed by atoms with Crippen molar-refractivity contribution in [2.24, 2.45) is 0 Å². The second-order valence-electron chi connectivity index (χ2n) is 2.01. The predicted molar refractivity (Wildman–Crippen MR) is 37.8 cm³/mol. The Morgan fingerprint density at radius 3 is 2.67 bits per heavy atom. The summed E-state index contributed by atoms with van der Waals surface area (Å²) in [5.41, 5.74) is 1.30. The quantitative estimate of drug-likeness (QED) is 0.568. The van der Waals surface area contributed by atoms with E-state index in [1.165, 1.54) is 18.4 Å². The van der Waals surface area contributed by atoms with Gasteiger partial charge in [0.05, 0.1) is 0 Å². The van der Waals surface area contributed by atoms with Gasteiger partial charge in [-0.3, -0.25) is 0 Å². The van der Waals surface area contributed by atoms with E-state index in [1.54, 1.807) is 5.01 Å². The Balaban J connectivity index is 3.55. The molecule has 0 aliphatic rings.